The lowest BCUT2D eigenvalue weighted by molar-refractivity contribution is 0.102. The molecule has 2 N–H and O–H groups in total. The van der Waals surface area contributed by atoms with Crippen LogP contribution in [0, 0.1) is 5.82 Å². The topological polar surface area (TPSA) is 66.9 Å². The molecule has 0 unspecified atom stereocenters. The van der Waals surface area contributed by atoms with Crippen LogP contribution in [-0.2, 0) is 0 Å². The second kappa shape index (κ2) is 8.31. The highest BCUT2D eigenvalue weighted by Crippen LogP contribution is 2.20. The maximum Gasteiger partial charge on any atom is 0.255 e. The Hall–Kier alpha value is -4.06. The summed E-state index contributed by atoms with van der Waals surface area (Å²) in [4.78, 5) is 21.1. The van der Waals surface area contributed by atoms with Gasteiger partial charge in [0.05, 0.1) is 0 Å². The molecule has 0 bridgehead atoms. The Morgan fingerprint density at radius 3 is 2.24 bits per heavy atom. The molecule has 0 fully saturated rings. The first kappa shape index (κ1) is 18.3. The lowest BCUT2D eigenvalue weighted by Crippen LogP contribution is -2.12. The minimum absolute atomic E-state index is 0.334. The highest BCUT2D eigenvalue weighted by atomic mass is 19.1. The molecule has 4 aromatic rings. The molecule has 0 aliphatic carbocycles. The summed E-state index contributed by atoms with van der Waals surface area (Å²) in [6, 6.07) is 22.5. The summed E-state index contributed by atoms with van der Waals surface area (Å²) in [6.45, 7) is 0. The Labute approximate surface area is 167 Å². The molecule has 3 aromatic carbocycles. The predicted octanol–water partition coefficient (Wildman–Crippen LogP) is 5.28. The third kappa shape index (κ3) is 4.62. The van der Waals surface area contributed by atoms with Gasteiger partial charge in [0.2, 0.25) is 5.95 Å². The van der Waals surface area contributed by atoms with Gasteiger partial charge >= 0.3 is 0 Å². The summed E-state index contributed by atoms with van der Waals surface area (Å²) < 4.78 is 13.3. The number of nitrogens with one attached hydrogen (secondary N) is 2. The molecule has 5 nitrogen and oxygen atoms in total. The van der Waals surface area contributed by atoms with Gasteiger partial charge in [-0.25, -0.2) is 14.4 Å². The van der Waals surface area contributed by atoms with Crippen LogP contribution in [0.1, 0.15) is 10.4 Å². The van der Waals surface area contributed by atoms with Crippen molar-refractivity contribution in [2.24, 2.45) is 0 Å². The molecular weight excluding hydrogens is 367 g/mol. The van der Waals surface area contributed by atoms with Crippen molar-refractivity contribution in [1.29, 1.82) is 0 Å². The quantitative estimate of drug-likeness (QED) is 0.491. The molecule has 1 amide bonds. The lowest BCUT2D eigenvalue weighted by atomic mass is 10.1. The molecule has 4 rings (SSSR count). The maximum absolute atomic E-state index is 13.3. The third-order valence-electron chi connectivity index (χ3n) is 4.22. The van der Waals surface area contributed by atoms with Crippen molar-refractivity contribution in [3.63, 3.8) is 0 Å². The highest BCUT2D eigenvalue weighted by Gasteiger charge is 2.08. The molecule has 1 heterocycles. The molecule has 0 radical (unpaired) electrons. The Bertz CT molecular complexity index is 1130. The summed E-state index contributed by atoms with van der Waals surface area (Å²) in [6.07, 6.45) is 3.48. The van der Waals surface area contributed by atoms with Gasteiger partial charge in [-0.3, -0.25) is 4.79 Å². The molecule has 0 spiro atoms. The van der Waals surface area contributed by atoms with Gasteiger partial charge in [0.15, 0.2) is 0 Å². The van der Waals surface area contributed by atoms with Gasteiger partial charge in [-0.05, 0) is 42.0 Å². The maximum atomic E-state index is 13.3. The van der Waals surface area contributed by atoms with Crippen LogP contribution < -0.4 is 10.6 Å². The van der Waals surface area contributed by atoms with Crippen LogP contribution in [0.4, 0.5) is 21.7 Å². The first-order valence-electron chi connectivity index (χ1n) is 8.99. The summed E-state index contributed by atoms with van der Waals surface area (Å²) in [5.41, 5.74) is 3.45. The molecule has 0 atom stereocenters. The van der Waals surface area contributed by atoms with Crippen LogP contribution in [0.2, 0.25) is 0 Å². The number of nitrogens with zero attached hydrogens (tertiary/aromatic N) is 2. The van der Waals surface area contributed by atoms with E-state index in [0.29, 0.717) is 22.9 Å². The molecule has 0 aliphatic rings. The van der Waals surface area contributed by atoms with Crippen LogP contribution in [0.3, 0.4) is 0 Å². The number of hydrogen-bond donors (Lipinski definition) is 2. The van der Waals surface area contributed by atoms with E-state index in [9.17, 15) is 9.18 Å². The summed E-state index contributed by atoms with van der Waals surface area (Å²) in [5, 5.41) is 5.77. The number of amides is 1. The zero-order chi connectivity index (χ0) is 20.1. The molecule has 1 aromatic heterocycles. The molecule has 0 saturated carbocycles. The summed E-state index contributed by atoms with van der Waals surface area (Å²) in [5.74, 6) is -0.318. The number of halogens is 1. The normalized spacial score (nSPS) is 10.4. The summed E-state index contributed by atoms with van der Waals surface area (Å²) >= 11 is 0. The largest absolute Gasteiger partial charge is 0.324 e. The van der Waals surface area contributed by atoms with Crippen LogP contribution in [-0.4, -0.2) is 15.9 Å². The van der Waals surface area contributed by atoms with Crippen LogP contribution in [0.15, 0.2) is 91.3 Å². The second-order valence-corrected chi connectivity index (χ2v) is 6.33. The summed E-state index contributed by atoms with van der Waals surface area (Å²) in [7, 11) is 0. The van der Waals surface area contributed by atoms with Gasteiger partial charge in [-0.15, -0.1) is 0 Å². The molecular formula is C23H17FN4O. The number of benzene rings is 3. The third-order valence-corrected chi connectivity index (χ3v) is 4.22. The Morgan fingerprint density at radius 1 is 0.759 bits per heavy atom. The second-order valence-electron chi connectivity index (χ2n) is 6.33. The van der Waals surface area contributed by atoms with Gasteiger partial charge in [0.1, 0.15) is 5.82 Å². The average molecular weight is 384 g/mol. The van der Waals surface area contributed by atoms with Crippen molar-refractivity contribution in [2.75, 3.05) is 10.6 Å². The first-order chi connectivity index (χ1) is 14.2. The SMILES string of the molecule is O=C(Nc1cccc(F)c1)c1cccc(Nc2ncc(-c3ccccc3)cn2)c1. The van der Waals surface area contributed by atoms with E-state index in [1.54, 1.807) is 42.7 Å². The number of aromatic nitrogens is 2. The van der Waals surface area contributed by atoms with E-state index >= 15 is 0 Å². The van der Waals surface area contributed by atoms with E-state index in [1.165, 1.54) is 12.1 Å². The number of carbonyl (C=O) groups excluding carboxylic acids is 1. The van der Waals surface area contributed by atoms with Crippen molar-refractivity contribution < 1.29 is 9.18 Å². The number of hydrogen-bond acceptors (Lipinski definition) is 4. The van der Waals surface area contributed by atoms with E-state index in [1.807, 2.05) is 36.4 Å². The molecule has 0 aliphatic heterocycles. The van der Waals surface area contributed by atoms with E-state index in [2.05, 4.69) is 20.6 Å². The monoisotopic (exact) mass is 384 g/mol. The van der Waals surface area contributed by atoms with E-state index in [4.69, 9.17) is 0 Å². The minimum atomic E-state index is -0.408. The zero-order valence-electron chi connectivity index (χ0n) is 15.3. The van der Waals surface area contributed by atoms with E-state index < -0.39 is 5.82 Å². The van der Waals surface area contributed by atoms with Crippen LogP contribution >= 0.6 is 0 Å². The van der Waals surface area contributed by atoms with E-state index in [-0.39, 0.29) is 5.91 Å². The predicted molar refractivity (Wildman–Crippen MR) is 112 cm³/mol. The van der Waals surface area contributed by atoms with Crippen LogP contribution in [0.25, 0.3) is 11.1 Å². The van der Waals surface area contributed by atoms with Crippen LogP contribution in [0.5, 0.6) is 0 Å². The fourth-order valence-corrected chi connectivity index (χ4v) is 2.81. The fourth-order valence-electron chi connectivity index (χ4n) is 2.81. The first-order valence-corrected chi connectivity index (χ1v) is 8.99. The minimum Gasteiger partial charge on any atom is -0.324 e. The fraction of sp³-hybridized carbons (Fsp3) is 0. The lowest BCUT2D eigenvalue weighted by Gasteiger charge is -2.09. The molecule has 6 heteroatoms. The average Bonchev–Trinajstić information content (AvgIpc) is 2.75. The molecule has 0 saturated heterocycles. The molecule has 142 valence electrons. The number of rotatable bonds is 5. The Kier molecular flexibility index (Phi) is 5.25. The van der Waals surface area contributed by atoms with Crippen molar-refractivity contribution in [3.8, 4) is 11.1 Å². The van der Waals surface area contributed by atoms with E-state index in [0.717, 1.165) is 11.1 Å². The number of carbonyl (C=O) groups is 1. The highest BCUT2D eigenvalue weighted by molar-refractivity contribution is 6.04. The Morgan fingerprint density at radius 2 is 1.48 bits per heavy atom. The van der Waals surface area contributed by atoms with Crippen molar-refractivity contribution in [2.45, 2.75) is 0 Å². The van der Waals surface area contributed by atoms with Gasteiger partial charge in [-0.1, -0.05) is 42.5 Å². The van der Waals surface area contributed by atoms with Crippen molar-refractivity contribution >= 4 is 23.2 Å². The van der Waals surface area contributed by atoms with Gasteiger partial charge < -0.3 is 10.6 Å². The molecule has 29 heavy (non-hydrogen) atoms. The smallest absolute Gasteiger partial charge is 0.255 e. The number of anilines is 3. The van der Waals surface area contributed by atoms with Gasteiger partial charge in [-0.2, -0.15) is 0 Å². The Balaban J connectivity index is 1.47. The van der Waals surface area contributed by atoms with Crippen molar-refractivity contribution in [1.82, 2.24) is 9.97 Å². The zero-order valence-corrected chi connectivity index (χ0v) is 15.3. The van der Waals surface area contributed by atoms with Crippen molar-refractivity contribution in [3.05, 3.63) is 103 Å². The van der Waals surface area contributed by atoms with Gasteiger partial charge in [0.25, 0.3) is 5.91 Å². The standard InChI is InChI=1S/C23H17FN4O/c24-19-9-5-11-21(13-19)27-22(29)17-8-4-10-20(12-17)28-23-25-14-18(15-26-23)16-6-2-1-3-7-16/h1-15H,(H,27,29)(H,25,26,28). The van der Waals surface area contributed by atoms with Gasteiger partial charge in [0, 0.05) is 34.9 Å².